The fourth-order valence-electron chi connectivity index (χ4n) is 0.479. The molecule has 0 aromatic rings. The van der Waals surface area contributed by atoms with Crippen LogP contribution in [-0.2, 0) is 9.84 Å². The molecule has 0 rings (SSSR count). The first-order chi connectivity index (χ1) is 7.00. The Kier molecular flexibility index (Phi) is 3.46. The lowest BCUT2D eigenvalue weighted by molar-refractivity contribution is -0.333. The van der Waals surface area contributed by atoms with Crippen molar-refractivity contribution in [3.05, 3.63) is 0 Å². The number of alkyl halides is 10. The first-order valence-corrected chi connectivity index (χ1v) is 4.61. The van der Waals surface area contributed by atoms with Gasteiger partial charge in [0.2, 0.25) is 0 Å². The SMILES string of the molecule is O=S(=O)(C(F)(F)F)C(F)(F)C(F)(F)C(F)(F)F. The van der Waals surface area contributed by atoms with E-state index in [0.29, 0.717) is 0 Å². The molecule has 104 valence electrons. The predicted molar refractivity (Wildman–Crippen MR) is 30.9 cm³/mol. The Hall–Kier alpha value is -0.750. The Labute approximate surface area is 86.1 Å². The minimum atomic E-state index is -8.02. The maximum atomic E-state index is 12.2. The number of hydrogen-bond donors (Lipinski definition) is 0. The van der Waals surface area contributed by atoms with Crippen molar-refractivity contribution in [2.45, 2.75) is 22.9 Å². The molecule has 0 fully saturated rings. The summed E-state index contributed by atoms with van der Waals surface area (Å²) < 4.78 is 137. The second-order valence-electron chi connectivity index (χ2n) is 2.54. The third-order valence-electron chi connectivity index (χ3n) is 1.36. The van der Waals surface area contributed by atoms with Crippen molar-refractivity contribution in [1.29, 1.82) is 0 Å². The van der Waals surface area contributed by atoms with Crippen molar-refractivity contribution in [1.82, 2.24) is 0 Å². The zero-order chi connectivity index (χ0) is 14.5. The van der Waals surface area contributed by atoms with Crippen molar-refractivity contribution < 1.29 is 52.3 Å². The van der Waals surface area contributed by atoms with Crippen LogP contribution in [0.5, 0.6) is 0 Å². The summed E-state index contributed by atoms with van der Waals surface area (Å²) in [6, 6.07) is 0. The zero-order valence-electron chi connectivity index (χ0n) is 7.00. The van der Waals surface area contributed by atoms with Crippen LogP contribution in [0, 0.1) is 0 Å². The van der Waals surface area contributed by atoms with Crippen LogP contribution in [0.25, 0.3) is 0 Å². The molecule has 0 amide bonds. The summed E-state index contributed by atoms with van der Waals surface area (Å²) in [4.78, 5) is 0. The van der Waals surface area contributed by atoms with E-state index < -0.39 is 32.7 Å². The maximum absolute atomic E-state index is 12.2. The van der Waals surface area contributed by atoms with Gasteiger partial charge in [-0.25, -0.2) is 8.42 Å². The van der Waals surface area contributed by atoms with E-state index in [4.69, 9.17) is 0 Å². The Morgan fingerprint density at radius 3 is 1.12 bits per heavy atom. The van der Waals surface area contributed by atoms with Crippen LogP contribution in [0.4, 0.5) is 43.9 Å². The minimum absolute atomic E-state index is 6.95. The summed E-state index contributed by atoms with van der Waals surface area (Å²) in [5, 5.41) is -7.35. The molecule has 0 N–H and O–H groups in total. The minimum Gasteiger partial charge on any atom is -0.213 e. The van der Waals surface area contributed by atoms with Gasteiger partial charge in [-0.05, 0) is 0 Å². The molecule has 0 aromatic heterocycles. The van der Waals surface area contributed by atoms with Gasteiger partial charge in [-0.2, -0.15) is 43.9 Å². The fraction of sp³-hybridized carbons (Fsp3) is 1.00. The van der Waals surface area contributed by atoms with Crippen LogP contribution < -0.4 is 0 Å². The highest BCUT2D eigenvalue weighted by Crippen LogP contribution is 2.52. The molecule has 0 spiro atoms. The summed E-state index contributed by atoms with van der Waals surface area (Å²) in [7, 11) is -8.02. The molecule has 2 nitrogen and oxygen atoms in total. The number of rotatable bonds is 2. The van der Waals surface area contributed by atoms with E-state index >= 15 is 0 Å². The van der Waals surface area contributed by atoms with Gasteiger partial charge in [0.25, 0.3) is 0 Å². The van der Waals surface area contributed by atoms with E-state index in [9.17, 15) is 52.3 Å². The maximum Gasteiger partial charge on any atom is 0.503 e. The highest BCUT2D eigenvalue weighted by molar-refractivity contribution is 7.93. The molecule has 0 aliphatic rings. The highest BCUT2D eigenvalue weighted by atomic mass is 32.2. The number of hydrogen-bond acceptors (Lipinski definition) is 2. The van der Waals surface area contributed by atoms with Gasteiger partial charge >= 0.3 is 32.7 Å². The molecular formula is C4F10O2S. The van der Waals surface area contributed by atoms with Gasteiger partial charge in [0.1, 0.15) is 0 Å². The third-order valence-corrected chi connectivity index (χ3v) is 2.90. The molecule has 0 saturated carbocycles. The zero-order valence-corrected chi connectivity index (χ0v) is 7.82. The molecule has 0 radical (unpaired) electrons. The topological polar surface area (TPSA) is 34.1 Å². The van der Waals surface area contributed by atoms with Crippen LogP contribution in [0.2, 0.25) is 0 Å². The van der Waals surface area contributed by atoms with E-state index in [2.05, 4.69) is 0 Å². The molecule has 0 aromatic carbocycles. The highest BCUT2D eigenvalue weighted by Gasteiger charge is 2.82. The van der Waals surface area contributed by atoms with Crippen LogP contribution in [0.15, 0.2) is 0 Å². The Morgan fingerprint density at radius 1 is 0.647 bits per heavy atom. The van der Waals surface area contributed by atoms with E-state index in [1.807, 2.05) is 0 Å². The average Bonchev–Trinajstić information content (AvgIpc) is 1.98. The first-order valence-electron chi connectivity index (χ1n) is 3.13. The fourth-order valence-corrected chi connectivity index (χ4v) is 1.22. The molecular weight excluding hydrogens is 302 g/mol. The van der Waals surface area contributed by atoms with Crippen LogP contribution in [0.1, 0.15) is 0 Å². The molecule has 0 aliphatic heterocycles. The van der Waals surface area contributed by atoms with Gasteiger partial charge in [0.15, 0.2) is 0 Å². The lowest BCUT2D eigenvalue weighted by atomic mass is 10.3. The molecule has 0 unspecified atom stereocenters. The van der Waals surface area contributed by atoms with Crippen molar-refractivity contribution >= 4 is 9.84 Å². The number of sulfone groups is 1. The van der Waals surface area contributed by atoms with E-state index in [0.717, 1.165) is 0 Å². The van der Waals surface area contributed by atoms with Crippen molar-refractivity contribution in [2.75, 3.05) is 0 Å². The van der Waals surface area contributed by atoms with Gasteiger partial charge < -0.3 is 0 Å². The molecule has 17 heavy (non-hydrogen) atoms. The Morgan fingerprint density at radius 2 is 0.941 bits per heavy atom. The normalized spacial score (nSPS) is 16.1. The average molecular weight is 302 g/mol. The lowest BCUT2D eigenvalue weighted by Crippen LogP contribution is -2.58. The lowest BCUT2D eigenvalue weighted by Gasteiger charge is -2.28. The Bertz CT molecular complexity index is 386. The first kappa shape index (κ1) is 16.2. The molecule has 0 saturated heterocycles. The van der Waals surface area contributed by atoms with Crippen LogP contribution >= 0.6 is 0 Å². The third kappa shape index (κ3) is 2.15. The van der Waals surface area contributed by atoms with Gasteiger partial charge in [0.05, 0.1) is 0 Å². The number of halogens is 10. The van der Waals surface area contributed by atoms with Crippen molar-refractivity contribution in [2.24, 2.45) is 0 Å². The van der Waals surface area contributed by atoms with E-state index in [-0.39, 0.29) is 0 Å². The second kappa shape index (κ2) is 3.62. The van der Waals surface area contributed by atoms with Crippen molar-refractivity contribution in [3.63, 3.8) is 0 Å². The molecule has 13 heteroatoms. The summed E-state index contributed by atoms with van der Waals surface area (Å²) in [5.74, 6) is -7.37. The molecule has 0 atom stereocenters. The summed E-state index contributed by atoms with van der Waals surface area (Å²) >= 11 is 0. The summed E-state index contributed by atoms with van der Waals surface area (Å²) in [6.45, 7) is 0. The second-order valence-corrected chi connectivity index (χ2v) is 4.52. The Balaban J connectivity index is 5.93. The van der Waals surface area contributed by atoms with E-state index in [1.54, 1.807) is 0 Å². The van der Waals surface area contributed by atoms with Crippen LogP contribution in [0.3, 0.4) is 0 Å². The van der Waals surface area contributed by atoms with Crippen LogP contribution in [-0.4, -0.2) is 31.3 Å². The summed E-state index contributed by atoms with van der Waals surface area (Å²) in [6.07, 6.45) is -7.16. The quantitative estimate of drug-likeness (QED) is 0.735. The van der Waals surface area contributed by atoms with Crippen molar-refractivity contribution in [3.8, 4) is 0 Å². The monoisotopic (exact) mass is 302 g/mol. The van der Waals surface area contributed by atoms with Gasteiger partial charge in [0, 0.05) is 0 Å². The van der Waals surface area contributed by atoms with Gasteiger partial charge in [-0.15, -0.1) is 0 Å². The van der Waals surface area contributed by atoms with Gasteiger partial charge in [-0.3, -0.25) is 0 Å². The standard InChI is InChI=1S/C4F10O2S/c5-1(6,2(7,8)9)3(10,11)17(15,16)4(12,13)14. The van der Waals surface area contributed by atoms with E-state index in [1.165, 1.54) is 0 Å². The predicted octanol–water partition coefficient (Wildman–Crippen LogP) is 2.71. The largest absolute Gasteiger partial charge is 0.503 e. The molecule has 0 aliphatic carbocycles. The molecule has 0 heterocycles. The summed E-state index contributed by atoms with van der Waals surface area (Å²) in [5.41, 5.74) is -6.95. The van der Waals surface area contributed by atoms with Gasteiger partial charge in [-0.1, -0.05) is 0 Å². The molecule has 0 bridgehead atoms. The smallest absolute Gasteiger partial charge is 0.213 e.